The Bertz CT molecular complexity index is 522. The summed E-state index contributed by atoms with van der Waals surface area (Å²) in [5.41, 5.74) is 1.57. The van der Waals surface area contributed by atoms with Gasteiger partial charge >= 0.3 is 0 Å². The minimum atomic E-state index is -0.951. The Morgan fingerprint density at radius 2 is 2.05 bits per heavy atom. The molecular formula is C15H19N3O2. The molecule has 1 aliphatic rings. The molecule has 0 spiro atoms. The van der Waals surface area contributed by atoms with Crippen molar-refractivity contribution in [2.45, 2.75) is 19.4 Å². The second kappa shape index (κ2) is 6.40. The Balaban J connectivity index is 2.10. The number of nitriles is 1. The lowest BCUT2D eigenvalue weighted by Gasteiger charge is -2.25. The summed E-state index contributed by atoms with van der Waals surface area (Å²) in [4.78, 5) is 15.6. The fraction of sp³-hybridized carbons (Fsp3) is 0.467. The lowest BCUT2D eigenvalue weighted by atomic mass is 10.1. The standard InChI is InChI=1S/C15H19N3O2/c1-12(19)15(20)18-8-4-7-17(9-10-18)14-6-3-2-5-13(14)11-16/h2-3,5-6,12,19H,4,7-10H2,1H3. The predicted octanol–water partition coefficient (Wildman–Crippen LogP) is 0.978. The number of rotatable bonds is 2. The third kappa shape index (κ3) is 3.09. The van der Waals surface area contributed by atoms with Gasteiger partial charge in [0.15, 0.2) is 0 Å². The quantitative estimate of drug-likeness (QED) is 0.872. The largest absolute Gasteiger partial charge is 0.384 e. The summed E-state index contributed by atoms with van der Waals surface area (Å²) >= 11 is 0. The van der Waals surface area contributed by atoms with Gasteiger partial charge in [0.1, 0.15) is 12.2 Å². The summed E-state index contributed by atoms with van der Waals surface area (Å²) in [6.45, 7) is 4.20. The monoisotopic (exact) mass is 273 g/mol. The van der Waals surface area contributed by atoms with Crippen molar-refractivity contribution >= 4 is 11.6 Å². The molecule has 1 aromatic rings. The molecule has 1 saturated heterocycles. The Kier molecular flexibility index (Phi) is 4.59. The Labute approximate surface area is 119 Å². The highest BCUT2D eigenvalue weighted by Gasteiger charge is 2.22. The fourth-order valence-electron chi connectivity index (χ4n) is 2.49. The van der Waals surface area contributed by atoms with E-state index >= 15 is 0 Å². The van der Waals surface area contributed by atoms with E-state index < -0.39 is 6.10 Å². The zero-order valence-electron chi connectivity index (χ0n) is 11.6. The minimum Gasteiger partial charge on any atom is -0.384 e. The Hall–Kier alpha value is -2.06. The molecule has 1 N–H and O–H groups in total. The van der Waals surface area contributed by atoms with E-state index in [-0.39, 0.29) is 5.91 Å². The highest BCUT2D eigenvalue weighted by Crippen LogP contribution is 2.21. The lowest BCUT2D eigenvalue weighted by Crippen LogP contribution is -2.40. The predicted molar refractivity (Wildman–Crippen MR) is 76.2 cm³/mol. The zero-order valence-corrected chi connectivity index (χ0v) is 11.6. The molecule has 1 fully saturated rings. The van der Waals surface area contributed by atoms with Gasteiger partial charge in [0.2, 0.25) is 0 Å². The van der Waals surface area contributed by atoms with Crippen molar-refractivity contribution < 1.29 is 9.90 Å². The number of carbonyl (C=O) groups excluding carboxylic acids is 1. The molecule has 1 heterocycles. The van der Waals surface area contributed by atoms with E-state index in [0.717, 1.165) is 18.7 Å². The topological polar surface area (TPSA) is 67.6 Å². The number of amides is 1. The van der Waals surface area contributed by atoms with Crippen LogP contribution in [0.3, 0.4) is 0 Å². The van der Waals surface area contributed by atoms with Crippen molar-refractivity contribution in [3.05, 3.63) is 29.8 Å². The van der Waals surface area contributed by atoms with E-state index in [1.165, 1.54) is 6.92 Å². The molecule has 0 aromatic heterocycles. The number of carbonyl (C=O) groups is 1. The van der Waals surface area contributed by atoms with Crippen LogP contribution in [0.25, 0.3) is 0 Å². The van der Waals surface area contributed by atoms with E-state index in [1.54, 1.807) is 11.0 Å². The number of hydrogen-bond acceptors (Lipinski definition) is 4. The van der Waals surface area contributed by atoms with Crippen LogP contribution in [0, 0.1) is 11.3 Å². The normalized spacial score (nSPS) is 17.2. The first-order valence-electron chi connectivity index (χ1n) is 6.84. The van der Waals surface area contributed by atoms with Crippen LogP contribution in [-0.4, -0.2) is 48.2 Å². The van der Waals surface area contributed by atoms with E-state index in [1.807, 2.05) is 18.2 Å². The van der Waals surface area contributed by atoms with Crippen LogP contribution in [0.5, 0.6) is 0 Å². The Morgan fingerprint density at radius 1 is 1.30 bits per heavy atom. The average molecular weight is 273 g/mol. The van der Waals surface area contributed by atoms with Gasteiger partial charge in [-0.05, 0) is 25.5 Å². The number of nitrogens with zero attached hydrogens (tertiary/aromatic N) is 3. The van der Waals surface area contributed by atoms with Crippen molar-refractivity contribution in [1.82, 2.24) is 4.90 Å². The van der Waals surface area contributed by atoms with Crippen LogP contribution in [0.4, 0.5) is 5.69 Å². The van der Waals surface area contributed by atoms with E-state index in [4.69, 9.17) is 5.26 Å². The zero-order chi connectivity index (χ0) is 14.5. The molecule has 20 heavy (non-hydrogen) atoms. The number of aliphatic hydroxyl groups is 1. The number of anilines is 1. The number of para-hydroxylation sites is 1. The Morgan fingerprint density at radius 3 is 2.75 bits per heavy atom. The smallest absolute Gasteiger partial charge is 0.251 e. The summed E-state index contributed by atoms with van der Waals surface area (Å²) in [6, 6.07) is 9.71. The SMILES string of the molecule is CC(O)C(=O)N1CCCN(c2ccccc2C#N)CC1. The summed E-state index contributed by atoms with van der Waals surface area (Å²) in [7, 11) is 0. The van der Waals surface area contributed by atoms with Crippen LogP contribution < -0.4 is 4.90 Å². The summed E-state index contributed by atoms with van der Waals surface area (Å²) in [5, 5.41) is 18.5. The molecule has 0 saturated carbocycles. The maximum atomic E-state index is 11.8. The first-order valence-corrected chi connectivity index (χ1v) is 6.84. The van der Waals surface area contributed by atoms with Gasteiger partial charge in [0.05, 0.1) is 11.3 Å². The molecule has 0 aliphatic carbocycles. The van der Waals surface area contributed by atoms with Gasteiger partial charge in [-0.1, -0.05) is 12.1 Å². The average Bonchev–Trinajstić information content (AvgIpc) is 2.72. The maximum Gasteiger partial charge on any atom is 0.251 e. The molecule has 5 heteroatoms. The van der Waals surface area contributed by atoms with Crippen molar-refractivity contribution in [3.63, 3.8) is 0 Å². The van der Waals surface area contributed by atoms with Crippen LogP contribution in [-0.2, 0) is 4.79 Å². The second-order valence-corrected chi connectivity index (χ2v) is 4.97. The molecule has 106 valence electrons. The second-order valence-electron chi connectivity index (χ2n) is 4.97. The fourth-order valence-corrected chi connectivity index (χ4v) is 2.49. The van der Waals surface area contributed by atoms with Gasteiger partial charge in [-0.2, -0.15) is 5.26 Å². The first-order chi connectivity index (χ1) is 9.63. The van der Waals surface area contributed by atoms with Crippen molar-refractivity contribution in [3.8, 4) is 6.07 Å². The van der Waals surface area contributed by atoms with E-state index in [2.05, 4.69) is 11.0 Å². The van der Waals surface area contributed by atoms with E-state index in [9.17, 15) is 9.90 Å². The molecule has 1 atom stereocenters. The highest BCUT2D eigenvalue weighted by molar-refractivity contribution is 5.80. The molecule has 0 bridgehead atoms. The highest BCUT2D eigenvalue weighted by atomic mass is 16.3. The third-order valence-corrected chi connectivity index (χ3v) is 3.53. The molecular weight excluding hydrogens is 254 g/mol. The molecule has 5 nitrogen and oxygen atoms in total. The summed E-state index contributed by atoms with van der Waals surface area (Å²) in [5.74, 6) is -0.222. The first kappa shape index (κ1) is 14.4. The van der Waals surface area contributed by atoms with Gasteiger partial charge < -0.3 is 14.9 Å². The van der Waals surface area contributed by atoms with Gasteiger partial charge in [0, 0.05) is 26.2 Å². The molecule has 1 aromatic carbocycles. The van der Waals surface area contributed by atoms with Crippen LogP contribution in [0.15, 0.2) is 24.3 Å². The van der Waals surface area contributed by atoms with Gasteiger partial charge in [-0.3, -0.25) is 4.79 Å². The van der Waals surface area contributed by atoms with Crippen molar-refractivity contribution in [2.75, 3.05) is 31.1 Å². The van der Waals surface area contributed by atoms with Crippen LogP contribution >= 0.6 is 0 Å². The molecule has 0 radical (unpaired) electrons. The minimum absolute atomic E-state index is 0.222. The third-order valence-electron chi connectivity index (χ3n) is 3.53. The number of hydrogen-bond donors (Lipinski definition) is 1. The van der Waals surface area contributed by atoms with E-state index in [0.29, 0.717) is 25.2 Å². The lowest BCUT2D eigenvalue weighted by molar-refractivity contribution is -0.139. The number of benzene rings is 1. The van der Waals surface area contributed by atoms with Crippen molar-refractivity contribution in [2.24, 2.45) is 0 Å². The maximum absolute atomic E-state index is 11.8. The van der Waals surface area contributed by atoms with Gasteiger partial charge in [-0.25, -0.2) is 0 Å². The molecule has 1 aliphatic heterocycles. The molecule has 1 amide bonds. The van der Waals surface area contributed by atoms with Gasteiger partial charge in [-0.15, -0.1) is 0 Å². The summed E-state index contributed by atoms with van der Waals surface area (Å²) in [6.07, 6.45) is -0.119. The van der Waals surface area contributed by atoms with Crippen LogP contribution in [0.1, 0.15) is 18.9 Å². The van der Waals surface area contributed by atoms with Crippen LogP contribution in [0.2, 0.25) is 0 Å². The van der Waals surface area contributed by atoms with Crippen molar-refractivity contribution in [1.29, 1.82) is 5.26 Å². The van der Waals surface area contributed by atoms with Gasteiger partial charge in [0.25, 0.3) is 5.91 Å². The summed E-state index contributed by atoms with van der Waals surface area (Å²) < 4.78 is 0. The molecule has 2 rings (SSSR count). The molecule has 1 unspecified atom stereocenters. The number of aliphatic hydroxyl groups excluding tert-OH is 1.